The molecule has 0 aromatic carbocycles. The van der Waals surface area contributed by atoms with E-state index in [2.05, 4.69) is 0 Å². The molecule has 1 N–H and O–H groups in total. The van der Waals surface area contributed by atoms with Crippen molar-refractivity contribution in [1.29, 1.82) is 0 Å². The first-order valence-corrected chi connectivity index (χ1v) is 10.2. The molecule has 0 radical (unpaired) electrons. The molecular formula is C16H24F3NO4S. The minimum atomic E-state index is -4.77. The zero-order valence-corrected chi connectivity index (χ0v) is 15.2. The van der Waals surface area contributed by atoms with Gasteiger partial charge in [0.05, 0.1) is 5.75 Å². The van der Waals surface area contributed by atoms with Crippen LogP contribution in [0, 0.1) is 16.7 Å². The summed E-state index contributed by atoms with van der Waals surface area (Å²) in [5.74, 6) is -0.208. The molecule has 3 aliphatic rings. The van der Waals surface area contributed by atoms with Gasteiger partial charge in [0.15, 0.2) is 5.60 Å². The van der Waals surface area contributed by atoms with E-state index in [0.717, 1.165) is 10.7 Å². The van der Waals surface area contributed by atoms with Gasteiger partial charge < -0.3 is 5.11 Å². The van der Waals surface area contributed by atoms with Crippen LogP contribution in [0.3, 0.4) is 0 Å². The lowest BCUT2D eigenvalue weighted by Gasteiger charge is -2.41. The molecule has 2 aliphatic carbocycles. The smallest absolute Gasteiger partial charge is 0.380 e. The normalized spacial score (nSPS) is 35.3. The Hall–Kier alpha value is -0.670. The monoisotopic (exact) mass is 383 g/mol. The number of nitrogens with zero attached hydrogens (tertiary/aromatic N) is 1. The molecule has 5 nitrogen and oxygen atoms in total. The molecule has 3 rings (SSSR count). The van der Waals surface area contributed by atoms with E-state index in [0.29, 0.717) is 12.8 Å². The highest BCUT2D eigenvalue weighted by Gasteiger charge is 2.66. The van der Waals surface area contributed by atoms with E-state index in [-0.39, 0.29) is 30.5 Å². The van der Waals surface area contributed by atoms with Crippen LogP contribution in [0.1, 0.15) is 46.0 Å². The van der Waals surface area contributed by atoms with Crippen LogP contribution < -0.4 is 0 Å². The third-order valence-corrected chi connectivity index (χ3v) is 9.05. The summed E-state index contributed by atoms with van der Waals surface area (Å²) in [5.41, 5.74) is -4.19. The van der Waals surface area contributed by atoms with E-state index < -0.39 is 45.5 Å². The number of halogens is 3. The zero-order chi connectivity index (χ0) is 18.9. The topological polar surface area (TPSA) is 74.7 Å². The third kappa shape index (κ3) is 2.65. The van der Waals surface area contributed by atoms with E-state index in [1.54, 1.807) is 0 Å². The highest BCUT2D eigenvalue weighted by Crippen LogP contribution is 2.64. The lowest BCUT2D eigenvalue weighted by atomic mass is 9.70. The summed E-state index contributed by atoms with van der Waals surface area (Å²) in [7, 11) is -3.88. The number of piperidine rings is 1. The van der Waals surface area contributed by atoms with E-state index in [9.17, 15) is 31.5 Å². The number of sulfonamides is 1. The van der Waals surface area contributed by atoms with Gasteiger partial charge in [-0.3, -0.25) is 4.79 Å². The molecule has 1 saturated heterocycles. The van der Waals surface area contributed by atoms with Crippen LogP contribution in [0.4, 0.5) is 13.2 Å². The van der Waals surface area contributed by atoms with Crippen LogP contribution >= 0.6 is 0 Å². The van der Waals surface area contributed by atoms with Gasteiger partial charge in [0, 0.05) is 24.9 Å². The lowest BCUT2D eigenvalue weighted by molar-refractivity contribution is -0.270. The Morgan fingerprint density at radius 2 is 1.76 bits per heavy atom. The van der Waals surface area contributed by atoms with Crippen LogP contribution in [-0.4, -0.2) is 54.2 Å². The molecule has 2 bridgehead atoms. The van der Waals surface area contributed by atoms with Gasteiger partial charge >= 0.3 is 6.18 Å². The molecule has 2 unspecified atom stereocenters. The number of carbonyl (C=O) groups excluding carboxylic acids is 1. The number of rotatable bonds is 3. The number of Topliss-reactive ketones (excluding diaryl/α,β-unsaturated/α-hetero) is 1. The fourth-order valence-electron chi connectivity index (χ4n) is 4.93. The first kappa shape index (κ1) is 19.1. The fraction of sp³-hybridized carbons (Fsp3) is 0.938. The average Bonchev–Trinajstić information content (AvgIpc) is 2.80. The Morgan fingerprint density at radius 3 is 2.16 bits per heavy atom. The van der Waals surface area contributed by atoms with Gasteiger partial charge in [-0.15, -0.1) is 0 Å². The summed E-state index contributed by atoms with van der Waals surface area (Å²) in [4.78, 5) is 12.5. The summed E-state index contributed by atoms with van der Waals surface area (Å²) in [6.45, 7) is 3.08. The Kier molecular flexibility index (Phi) is 4.14. The summed E-state index contributed by atoms with van der Waals surface area (Å²) in [6.07, 6.45) is -4.42. The maximum absolute atomic E-state index is 12.9. The highest BCUT2D eigenvalue weighted by molar-refractivity contribution is 7.89. The first-order valence-electron chi connectivity index (χ1n) is 8.55. The van der Waals surface area contributed by atoms with Crippen LogP contribution in [0.2, 0.25) is 0 Å². The second-order valence-corrected chi connectivity index (χ2v) is 10.3. The van der Waals surface area contributed by atoms with Gasteiger partial charge in [0.1, 0.15) is 5.78 Å². The van der Waals surface area contributed by atoms with Crippen molar-refractivity contribution in [2.75, 3.05) is 18.8 Å². The number of alkyl halides is 3. The average molecular weight is 383 g/mol. The summed E-state index contributed by atoms with van der Waals surface area (Å²) in [6, 6.07) is 0. The molecule has 1 aliphatic heterocycles. The molecule has 9 heteroatoms. The minimum Gasteiger partial charge on any atom is -0.380 e. The van der Waals surface area contributed by atoms with Gasteiger partial charge in [-0.1, -0.05) is 13.8 Å². The Labute approximate surface area is 145 Å². The van der Waals surface area contributed by atoms with Gasteiger partial charge in [0.25, 0.3) is 0 Å². The standard InChI is InChI=1S/C16H24F3NO4S/c1-13(2)11-3-4-14(13,12(21)9-11)10-25(23,24)20-7-5-15(22,6-8-20)16(17,18)19/h11,22H,3-10H2,1-2H3. The summed E-state index contributed by atoms with van der Waals surface area (Å²) in [5, 5.41) is 9.70. The molecule has 2 saturated carbocycles. The van der Waals surface area contributed by atoms with Crippen molar-refractivity contribution in [3.63, 3.8) is 0 Å². The number of ketones is 1. The van der Waals surface area contributed by atoms with Crippen LogP contribution in [0.25, 0.3) is 0 Å². The fourth-order valence-corrected chi connectivity index (χ4v) is 7.15. The van der Waals surface area contributed by atoms with Crippen LogP contribution in [0.5, 0.6) is 0 Å². The van der Waals surface area contributed by atoms with Gasteiger partial charge in [-0.05, 0) is 37.0 Å². The Bertz CT molecular complexity index is 680. The first-order chi connectivity index (χ1) is 11.3. The second-order valence-electron chi connectivity index (χ2n) is 8.35. The van der Waals surface area contributed by atoms with E-state index in [4.69, 9.17) is 0 Å². The molecule has 25 heavy (non-hydrogen) atoms. The van der Waals surface area contributed by atoms with Crippen molar-refractivity contribution >= 4 is 15.8 Å². The Balaban J connectivity index is 1.77. The van der Waals surface area contributed by atoms with E-state index >= 15 is 0 Å². The molecule has 0 amide bonds. The molecule has 3 fully saturated rings. The summed E-state index contributed by atoms with van der Waals surface area (Å²) < 4.78 is 65.3. The van der Waals surface area contributed by atoms with Crippen molar-refractivity contribution in [3.8, 4) is 0 Å². The SMILES string of the molecule is CC1(C)C2CCC1(CS(=O)(=O)N1CCC(O)(C(F)(F)F)CC1)C(=O)C2. The van der Waals surface area contributed by atoms with Crippen molar-refractivity contribution in [1.82, 2.24) is 4.31 Å². The molecule has 0 aromatic heterocycles. The third-order valence-electron chi connectivity index (χ3n) is 7.04. The molecule has 2 atom stereocenters. The van der Waals surface area contributed by atoms with E-state index in [1.807, 2.05) is 13.8 Å². The number of carbonyl (C=O) groups is 1. The maximum atomic E-state index is 12.9. The molecule has 0 aromatic rings. The quantitative estimate of drug-likeness (QED) is 0.810. The largest absolute Gasteiger partial charge is 0.417 e. The highest BCUT2D eigenvalue weighted by atomic mass is 32.2. The van der Waals surface area contributed by atoms with Crippen molar-refractivity contribution in [2.24, 2.45) is 16.7 Å². The van der Waals surface area contributed by atoms with Gasteiger partial charge in [0.2, 0.25) is 10.0 Å². The van der Waals surface area contributed by atoms with Crippen molar-refractivity contribution < 1.29 is 31.5 Å². The predicted octanol–water partition coefficient (Wildman–Crippen LogP) is 2.10. The number of hydrogen-bond donors (Lipinski definition) is 1. The van der Waals surface area contributed by atoms with Crippen molar-refractivity contribution in [2.45, 2.75) is 57.7 Å². The molecular weight excluding hydrogens is 359 g/mol. The number of hydrogen-bond acceptors (Lipinski definition) is 4. The maximum Gasteiger partial charge on any atom is 0.417 e. The second kappa shape index (κ2) is 5.42. The molecule has 1 heterocycles. The van der Waals surface area contributed by atoms with Crippen molar-refractivity contribution in [3.05, 3.63) is 0 Å². The molecule has 0 spiro atoms. The zero-order valence-electron chi connectivity index (χ0n) is 14.4. The van der Waals surface area contributed by atoms with Crippen LogP contribution in [-0.2, 0) is 14.8 Å². The van der Waals surface area contributed by atoms with Crippen LogP contribution in [0.15, 0.2) is 0 Å². The minimum absolute atomic E-state index is 0.0406. The predicted molar refractivity (Wildman–Crippen MR) is 84.2 cm³/mol. The number of aliphatic hydroxyl groups is 1. The molecule has 144 valence electrons. The number of fused-ring (bicyclic) bond motifs is 2. The summed E-state index contributed by atoms with van der Waals surface area (Å²) >= 11 is 0. The Morgan fingerprint density at radius 1 is 1.20 bits per heavy atom. The lowest BCUT2D eigenvalue weighted by Crippen LogP contribution is -2.56. The van der Waals surface area contributed by atoms with Gasteiger partial charge in [-0.2, -0.15) is 13.2 Å². The van der Waals surface area contributed by atoms with E-state index in [1.165, 1.54) is 0 Å². The van der Waals surface area contributed by atoms with Gasteiger partial charge in [-0.25, -0.2) is 12.7 Å².